The number of nitrogens with one attached hydrogen (secondary N) is 2. The Morgan fingerprint density at radius 1 is 1.24 bits per heavy atom. The number of amides is 2. The van der Waals surface area contributed by atoms with Crippen molar-refractivity contribution in [3.63, 3.8) is 0 Å². The third-order valence-corrected chi connectivity index (χ3v) is 5.08. The van der Waals surface area contributed by atoms with Crippen LogP contribution in [0, 0.1) is 19.8 Å². The minimum absolute atomic E-state index is 0.0990. The molecule has 2 rings (SSSR count). The van der Waals surface area contributed by atoms with Gasteiger partial charge in [0, 0.05) is 45.0 Å². The van der Waals surface area contributed by atoms with E-state index in [0.717, 1.165) is 44.1 Å². The highest BCUT2D eigenvalue weighted by atomic mass is 16.5. The summed E-state index contributed by atoms with van der Waals surface area (Å²) in [6.07, 6.45) is 0.802. The Labute approximate surface area is 151 Å². The quantitative estimate of drug-likeness (QED) is 0.775. The summed E-state index contributed by atoms with van der Waals surface area (Å²) in [5, 5.41) is 10.4. The van der Waals surface area contributed by atoms with Gasteiger partial charge in [-0.05, 0) is 31.7 Å². The van der Waals surface area contributed by atoms with E-state index < -0.39 is 0 Å². The maximum atomic E-state index is 12.1. The molecule has 1 atom stereocenters. The van der Waals surface area contributed by atoms with E-state index in [9.17, 15) is 4.79 Å². The summed E-state index contributed by atoms with van der Waals surface area (Å²) in [6, 6.07) is 0.246. The summed E-state index contributed by atoms with van der Waals surface area (Å²) in [7, 11) is 1.95. The zero-order chi connectivity index (χ0) is 18.4. The predicted octanol–water partition coefficient (Wildman–Crippen LogP) is 1.24. The summed E-state index contributed by atoms with van der Waals surface area (Å²) in [6.45, 7) is 13.2. The van der Waals surface area contributed by atoms with Crippen molar-refractivity contribution in [3.8, 4) is 0 Å². The molecule has 0 saturated carbocycles. The topological polar surface area (TPSA) is 71.4 Å². The number of carbonyl (C=O) groups excluding carboxylic acids is 1. The van der Waals surface area contributed by atoms with E-state index in [2.05, 4.69) is 41.4 Å². The zero-order valence-corrected chi connectivity index (χ0v) is 16.3. The fraction of sp³-hybridized carbons (Fsp3) is 0.778. The summed E-state index contributed by atoms with van der Waals surface area (Å²) in [5.41, 5.74) is 3.41. The highest BCUT2D eigenvalue weighted by Crippen LogP contribution is 2.13. The molecule has 1 aromatic heterocycles. The lowest BCUT2D eigenvalue weighted by Crippen LogP contribution is -2.52. The van der Waals surface area contributed by atoms with Crippen LogP contribution in [-0.4, -0.2) is 66.1 Å². The lowest BCUT2D eigenvalue weighted by molar-refractivity contribution is 0.00720. The number of nitrogens with zero attached hydrogens (tertiary/aromatic N) is 3. The Hall–Kier alpha value is -1.60. The largest absolute Gasteiger partial charge is 0.379 e. The molecule has 2 amide bonds. The molecule has 142 valence electrons. The Morgan fingerprint density at radius 2 is 1.92 bits per heavy atom. The lowest BCUT2D eigenvalue weighted by atomic mass is 10.0. The Balaban J connectivity index is 1.75. The van der Waals surface area contributed by atoms with Crippen LogP contribution in [0.5, 0.6) is 0 Å². The number of hydrogen-bond donors (Lipinski definition) is 2. The summed E-state index contributed by atoms with van der Waals surface area (Å²) < 4.78 is 7.31. The van der Waals surface area contributed by atoms with Gasteiger partial charge >= 0.3 is 6.03 Å². The monoisotopic (exact) mass is 351 g/mol. The van der Waals surface area contributed by atoms with Gasteiger partial charge in [0.05, 0.1) is 18.9 Å². The van der Waals surface area contributed by atoms with Gasteiger partial charge in [-0.3, -0.25) is 9.58 Å². The second kappa shape index (κ2) is 9.20. The number of urea groups is 1. The first-order valence-corrected chi connectivity index (χ1v) is 9.22. The molecule has 25 heavy (non-hydrogen) atoms. The normalized spacial score (nSPS) is 16.9. The maximum absolute atomic E-state index is 12.1. The van der Waals surface area contributed by atoms with Gasteiger partial charge in [0.15, 0.2) is 0 Å². The van der Waals surface area contributed by atoms with Crippen LogP contribution in [0.1, 0.15) is 30.8 Å². The summed E-state index contributed by atoms with van der Waals surface area (Å²) in [5.74, 6) is 0.485. The van der Waals surface area contributed by atoms with Crippen molar-refractivity contribution in [2.45, 2.75) is 40.2 Å². The van der Waals surface area contributed by atoms with Gasteiger partial charge in [-0.2, -0.15) is 5.10 Å². The number of carbonyl (C=O) groups is 1. The Morgan fingerprint density at radius 3 is 2.48 bits per heavy atom. The van der Waals surface area contributed by atoms with Crippen molar-refractivity contribution in [3.05, 3.63) is 17.0 Å². The van der Waals surface area contributed by atoms with Gasteiger partial charge in [-0.25, -0.2) is 4.79 Å². The van der Waals surface area contributed by atoms with Crippen molar-refractivity contribution in [1.82, 2.24) is 25.3 Å². The zero-order valence-electron chi connectivity index (χ0n) is 16.3. The minimum atomic E-state index is -0.0990. The van der Waals surface area contributed by atoms with Crippen LogP contribution >= 0.6 is 0 Å². The first-order chi connectivity index (χ1) is 11.9. The molecule has 0 bridgehead atoms. The van der Waals surface area contributed by atoms with Gasteiger partial charge in [-0.1, -0.05) is 13.8 Å². The van der Waals surface area contributed by atoms with E-state index in [-0.39, 0.29) is 6.03 Å². The third-order valence-electron chi connectivity index (χ3n) is 5.08. The second-order valence-corrected chi connectivity index (χ2v) is 7.12. The molecule has 2 heterocycles. The highest BCUT2D eigenvalue weighted by Gasteiger charge is 2.24. The van der Waals surface area contributed by atoms with Crippen LogP contribution in [0.25, 0.3) is 0 Å². The molecule has 1 saturated heterocycles. The molecule has 0 radical (unpaired) electrons. The third kappa shape index (κ3) is 5.44. The van der Waals surface area contributed by atoms with E-state index in [1.54, 1.807) is 0 Å². The summed E-state index contributed by atoms with van der Waals surface area (Å²) in [4.78, 5) is 14.5. The van der Waals surface area contributed by atoms with Gasteiger partial charge in [0.2, 0.25) is 0 Å². The van der Waals surface area contributed by atoms with E-state index in [1.807, 2.05) is 18.7 Å². The molecule has 1 unspecified atom stereocenters. The Kier molecular flexibility index (Phi) is 7.25. The number of ether oxygens (including phenoxy) is 1. The maximum Gasteiger partial charge on any atom is 0.314 e. The van der Waals surface area contributed by atoms with E-state index >= 15 is 0 Å². The van der Waals surface area contributed by atoms with Crippen LogP contribution in [0.4, 0.5) is 4.79 Å². The molecule has 1 aromatic rings. The van der Waals surface area contributed by atoms with Crippen LogP contribution in [-0.2, 0) is 18.2 Å². The molecule has 2 N–H and O–H groups in total. The fourth-order valence-corrected chi connectivity index (χ4v) is 3.44. The van der Waals surface area contributed by atoms with Crippen molar-refractivity contribution in [2.24, 2.45) is 13.0 Å². The summed E-state index contributed by atoms with van der Waals surface area (Å²) >= 11 is 0. The average Bonchev–Trinajstić information content (AvgIpc) is 2.82. The van der Waals surface area contributed by atoms with Crippen LogP contribution in [0.15, 0.2) is 0 Å². The molecular formula is C18H33N5O2. The molecule has 0 aliphatic carbocycles. The van der Waals surface area contributed by atoms with Crippen molar-refractivity contribution >= 4 is 6.03 Å². The fourth-order valence-electron chi connectivity index (χ4n) is 3.44. The number of hydrogen-bond acceptors (Lipinski definition) is 4. The van der Waals surface area contributed by atoms with Gasteiger partial charge in [-0.15, -0.1) is 0 Å². The van der Waals surface area contributed by atoms with Crippen LogP contribution < -0.4 is 10.6 Å². The van der Waals surface area contributed by atoms with Gasteiger partial charge in [0.25, 0.3) is 0 Å². The number of aryl methyl sites for hydroxylation is 2. The van der Waals surface area contributed by atoms with E-state index in [1.165, 1.54) is 5.56 Å². The Bertz CT molecular complexity index is 564. The van der Waals surface area contributed by atoms with Gasteiger partial charge in [0.1, 0.15) is 0 Å². The van der Waals surface area contributed by atoms with Crippen molar-refractivity contribution in [2.75, 3.05) is 39.4 Å². The van der Waals surface area contributed by atoms with Crippen molar-refractivity contribution < 1.29 is 9.53 Å². The molecule has 1 fully saturated rings. The average molecular weight is 351 g/mol. The van der Waals surface area contributed by atoms with Crippen molar-refractivity contribution in [1.29, 1.82) is 0 Å². The first kappa shape index (κ1) is 19.7. The molecule has 7 heteroatoms. The minimum Gasteiger partial charge on any atom is -0.379 e. The second-order valence-electron chi connectivity index (χ2n) is 7.12. The number of rotatable bonds is 7. The lowest BCUT2D eigenvalue weighted by Gasteiger charge is -2.36. The van der Waals surface area contributed by atoms with E-state index in [0.29, 0.717) is 25.0 Å². The van der Waals surface area contributed by atoms with E-state index in [4.69, 9.17) is 4.74 Å². The molecule has 1 aliphatic heterocycles. The molecular weight excluding hydrogens is 318 g/mol. The van der Waals surface area contributed by atoms with Gasteiger partial charge < -0.3 is 15.4 Å². The van der Waals surface area contributed by atoms with Crippen LogP contribution in [0.2, 0.25) is 0 Å². The molecule has 0 aromatic carbocycles. The molecule has 1 aliphatic rings. The smallest absolute Gasteiger partial charge is 0.314 e. The first-order valence-electron chi connectivity index (χ1n) is 9.22. The standard InChI is InChI=1S/C18H33N5O2/c1-13(2)17(23-8-10-25-11-9-23)12-20-18(24)19-7-6-16-14(3)21-22(5)15(16)4/h13,17H,6-12H2,1-5H3,(H2,19,20,24). The molecule has 0 spiro atoms. The molecule has 7 nitrogen and oxygen atoms in total. The number of morpholine rings is 1. The highest BCUT2D eigenvalue weighted by molar-refractivity contribution is 5.73. The SMILES string of the molecule is Cc1nn(C)c(C)c1CCNC(=O)NCC(C(C)C)N1CCOCC1. The number of aromatic nitrogens is 2. The predicted molar refractivity (Wildman–Crippen MR) is 98.8 cm³/mol. The van der Waals surface area contributed by atoms with Crippen LogP contribution in [0.3, 0.4) is 0 Å².